The molecule has 0 saturated heterocycles. The molecule has 124 heavy (non-hydrogen) atoms. The summed E-state index contributed by atoms with van der Waals surface area (Å²) < 4.78 is 38.6. The zero-order chi connectivity index (χ0) is 83.4. The predicted octanol–water partition coefficient (Wildman–Crippen LogP) is 36.6. The van der Waals surface area contributed by atoms with Gasteiger partial charge >= 0.3 is 0 Å². The van der Waals surface area contributed by atoms with Gasteiger partial charge in [0, 0.05) is 144 Å². The molecular weight excluding hydrogens is 1930 g/mol. The van der Waals surface area contributed by atoms with E-state index in [1.807, 2.05) is 90.7 Å². The van der Waals surface area contributed by atoms with Gasteiger partial charge < -0.3 is 27.4 Å². The molecule has 0 fully saturated rings. The Morgan fingerprint density at radius 1 is 0.169 bits per heavy atom. The van der Waals surface area contributed by atoms with Crippen molar-refractivity contribution in [1.82, 2.24) is 27.4 Å². The molecule has 0 aliphatic heterocycles. The summed E-state index contributed by atoms with van der Waals surface area (Å²) in [4.78, 5) is 2.62. The highest BCUT2D eigenvalue weighted by Crippen LogP contribution is 2.55. The molecule has 0 atom stereocenters. The molecule has 0 aliphatic rings. The van der Waals surface area contributed by atoms with Crippen LogP contribution in [0.5, 0.6) is 0 Å². The summed E-state index contributed by atoms with van der Waals surface area (Å²) in [5, 5.41) is 13.3. The topological polar surface area (TPSA) is 29.6 Å². The fourth-order valence-electron chi connectivity index (χ4n) is 19.0. The van der Waals surface area contributed by atoms with E-state index in [-0.39, 0.29) is 0 Å². The van der Waals surface area contributed by atoms with Crippen molar-refractivity contribution in [2.24, 2.45) is 0 Å². The number of aryl methyl sites for hydroxylation is 8. The summed E-state index contributed by atoms with van der Waals surface area (Å²) in [5.41, 5.74) is 29.8. The maximum Gasteiger partial charge on any atom is 0.0905 e. The van der Waals surface area contributed by atoms with Gasteiger partial charge in [0.15, 0.2) is 0 Å². The van der Waals surface area contributed by atoms with Gasteiger partial charge in [-0.05, 0) is 225 Å². The quantitative estimate of drug-likeness (QED) is 0.159. The van der Waals surface area contributed by atoms with Crippen molar-refractivity contribution in [2.45, 2.75) is 55.4 Å². The van der Waals surface area contributed by atoms with E-state index in [1.165, 1.54) is 263 Å². The highest BCUT2D eigenvalue weighted by atomic mass is 79.9. The lowest BCUT2D eigenvalue weighted by atomic mass is 10.1. The van der Waals surface area contributed by atoms with Gasteiger partial charge in [0.05, 0.1) is 104 Å². The van der Waals surface area contributed by atoms with Crippen molar-refractivity contribution in [3.05, 3.63) is 328 Å². The largest absolute Gasteiger partial charge is 0.308 e. The number of fused-ring (bicyclic) bond motifs is 30. The van der Waals surface area contributed by atoms with Crippen LogP contribution in [0.4, 0.5) is 0 Å². The van der Waals surface area contributed by atoms with Gasteiger partial charge in [0.1, 0.15) is 0 Å². The first-order valence-corrected chi connectivity index (χ1v) is 50.7. The Hall–Kier alpha value is -10.3. The van der Waals surface area contributed by atoms with Crippen molar-refractivity contribution >= 4 is 340 Å². The first-order valence-electron chi connectivity index (χ1n) is 41.0. The van der Waals surface area contributed by atoms with Gasteiger partial charge in [-0.15, -0.1) is 90.7 Å². The number of thiophene rings is 8. The van der Waals surface area contributed by atoms with E-state index in [1.54, 1.807) is 0 Å². The Morgan fingerprint density at radius 2 is 0.427 bits per heavy atom. The fraction of sp³-hybridized carbons (Fsp3) is 0.0755. The maximum atomic E-state index is 3.71. The van der Waals surface area contributed by atoms with Crippen LogP contribution in [-0.4, -0.2) is 27.4 Å². The van der Waals surface area contributed by atoms with E-state index in [0.717, 1.165) is 17.9 Å². The molecule has 14 aromatic heterocycles. The summed E-state index contributed by atoms with van der Waals surface area (Å²) >= 11 is 29.9. The number of hydrogen-bond donors (Lipinski definition) is 0. The van der Waals surface area contributed by atoms with Crippen molar-refractivity contribution in [3.63, 3.8) is 0 Å². The lowest BCUT2D eigenvalue weighted by molar-refractivity contribution is 1.17. The molecule has 18 heteroatoms. The zero-order valence-corrected chi connectivity index (χ0v) is 80.7. The van der Waals surface area contributed by atoms with E-state index in [4.69, 9.17) is 0 Å². The van der Waals surface area contributed by atoms with E-state index in [9.17, 15) is 0 Å². The summed E-state index contributed by atoms with van der Waals surface area (Å²) in [6, 6.07) is 100. The van der Waals surface area contributed by atoms with E-state index >= 15 is 0 Å². The zero-order valence-electron chi connectivity index (χ0n) is 67.9. The van der Waals surface area contributed by atoms with Gasteiger partial charge in [-0.3, -0.25) is 0 Å². The minimum absolute atomic E-state index is 1.10. The Morgan fingerprint density at radius 3 is 0.831 bits per heavy atom. The second-order valence-electron chi connectivity index (χ2n) is 33.0. The van der Waals surface area contributed by atoms with Crippen LogP contribution >= 0.6 is 154 Å². The van der Waals surface area contributed by atoms with E-state index in [0.29, 0.717) is 0 Å². The summed E-state index contributed by atoms with van der Waals surface area (Å²) in [6.07, 6.45) is 0. The van der Waals surface area contributed by atoms with Gasteiger partial charge in [0.2, 0.25) is 0 Å². The molecular formula is C106H68Br4N6S8. The third-order valence-corrected chi connectivity index (χ3v) is 36.2. The smallest absolute Gasteiger partial charge is 0.0905 e. The number of benzene rings is 13. The first kappa shape index (κ1) is 76.2. The summed E-state index contributed by atoms with van der Waals surface area (Å²) in [5.74, 6) is 0. The Labute approximate surface area is 776 Å². The van der Waals surface area contributed by atoms with Crippen LogP contribution in [0.3, 0.4) is 0 Å². The molecule has 6 nitrogen and oxygen atoms in total. The van der Waals surface area contributed by atoms with Gasteiger partial charge in [-0.1, -0.05) is 194 Å². The van der Waals surface area contributed by atoms with Gasteiger partial charge in [-0.25, -0.2) is 0 Å². The molecule has 27 rings (SSSR count). The molecule has 0 radical (unpaired) electrons. The van der Waals surface area contributed by atoms with Crippen molar-refractivity contribution in [2.75, 3.05) is 0 Å². The van der Waals surface area contributed by atoms with Crippen LogP contribution in [0.15, 0.2) is 285 Å². The standard InChI is InChI=1S/C48H38N4S2.2C29H15Br2NS3/c1-27-7-15-33(16-8-27)49-39-25-38-40(26-37(39)43-45(49)47-41(23-31(5)53-47)51(43)35-19-11-29(3)12-20-35)50(34-17-9-28(2)10-18-34)46-44(38)52(36-21-13-30(4)14-22-36)42-24-32(6)54-48(42)46;1-14-2-6-17(7-3-14)32-22-12-21-25(35-28-19-9-5-16(31)11-24(19)34-29(21)28)13-20(22)27-26(32)18-8-4-15(30)10-23(18)33-27;1-14-2-6-17(7-3-14)32-22-10-15(30)4-8-18(22)27-26(32)20-12-25-21(13-24(20)33-27)29-28(35-25)19-9-5-16(31)11-23(19)34-29/h7-26H,1-6H3;2*2-13H,1H3. The molecule has 14 heterocycles. The monoisotopic (exact) mass is 2000 g/mol. The average molecular weight is 2000 g/mol. The number of rotatable bonds is 6. The number of aromatic nitrogens is 6. The maximum absolute atomic E-state index is 3.71. The number of hydrogen-bond acceptors (Lipinski definition) is 8. The molecule has 0 saturated carbocycles. The van der Waals surface area contributed by atoms with E-state index < -0.39 is 0 Å². The number of nitrogens with zero attached hydrogens (tertiary/aromatic N) is 6. The van der Waals surface area contributed by atoms with Crippen molar-refractivity contribution in [1.29, 1.82) is 0 Å². The van der Waals surface area contributed by atoms with Crippen LogP contribution in [0.2, 0.25) is 0 Å². The molecule has 598 valence electrons. The average Bonchev–Trinajstić information content (AvgIpc) is 1.51. The van der Waals surface area contributed by atoms with E-state index in [2.05, 4.69) is 413 Å². The van der Waals surface area contributed by atoms with Gasteiger partial charge in [0.25, 0.3) is 0 Å². The van der Waals surface area contributed by atoms with Crippen LogP contribution in [0.25, 0.3) is 220 Å². The molecule has 0 aliphatic carbocycles. The minimum Gasteiger partial charge on any atom is -0.308 e. The van der Waals surface area contributed by atoms with Crippen molar-refractivity contribution in [3.8, 4) is 34.1 Å². The summed E-state index contributed by atoms with van der Waals surface area (Å²) in [6.45, 7) is 17.4. The summed E-state index contributed by atoms with van der Waals surface area (Å²) in [7, 11) is 0. The Kier molecular flexibility index (Phi) is 17.6. The molecule has 0 unspecified atom stereocenters. The minimum atomic E-state index is 1.10. The van der Waals surface area contributed by atoms with Crippen LogP contribution in [0.1, 0.15) is 43.1 Å². The third kappa shape index (κ3) is 11.7. The van der Waals surface area contributed by atoms with Gasteiger partial charge in [-0.2, -0.15) is 0 Å². The normalized spacial score (nSPS) is 12.4. The predicted molar refractivity (Wildman–Crippen MR) is 562 cm³/mol. The number of halogens is 4. The molecule has 0 amide bonds. The fourth-order valence-corrected chi connectivity index (χ4v) is 30.9. The van der Waals surface area contributed by atoms with Crippen LogP contribution < -0.4 is 0 Å². The van der Waals surface area contributed by atoms with Crippen LogP contribution in [-0.2, 0) is 0 Å². The SMILES string of the molecule is Cc1ccc(-n2c3cc(Br)ccc3c3sc4cc5c(cc4c32)sc2c3ccc(Br)cc3sc52)cc1.Cc1ccc(-n2c3cc(C)sc3c3c2c2cc4c(cc2n3-c2ccc(C)cc2)c2c(c3sc(C)cc3n2-c2ccc(C)cc2)n4-c2ccc(C)cc2)cc1.Cc1ccc(-n2c3cc4c(cc3c3sc5cc(Br)ccc5c32)sc2c3ccc(Br)cc3sc42)cc1. The lowest BCUT2D eigenvalue weighted by Gasteiger charge is -2.11. The molecule has 0 spiro atoms. The Bertz CT molecular complexity index is 8990. The van der Waals surface area contributed by atoms with Crippen LogP contribution in [0, 0.1) is 55.4 Å². The Balaban J connectivity index is 0.000000106. The van der Waals surface area contributed by atoms with Crippen molar-refractivity contribution < 1.29 is 0 Å². The third-order valence-electron chi connectivity index (χ3n) is 24.8. The molecule has 0 N–H and O–H groups in total. The molecule has 27 aromatic rings. The highest BCUT2D eigenvalue weighted by molar-refractivity contribution is 9.11. The highest BCUT2D eigenvalue weighted by Gasteiger charge is 2.31. The second kappa shape index (κ2) is 28.6. The molecule has 0 bridgehead atoms. The second-order valence-corrected chi connectivity index (χ2v) is 45.5. The lowest BCUT2D eigenvalue weighted by Crippen LogP contribution is -1.95. The molecule has 13 aromatic carbocycles. The first-order chi connectivity index (χ1) is 60.3.